The van der Waals surface area contributed by atoms with Crippen LogP contribution in [0.15, 0.2) is 0 Å². The van der Waals surface area contributed by atoms with Gasteiger partial charge in [0.1, 0.15) is 0 Å². The average Bonchev–Trinajstić information content (AvgIpc) is 2.39. The van der Waals surface area contributed by atoms with Gasteiger partial charge in [0.25, 0.3) is 0 Å². The van der Waals surface area contributed by atoms with E-state index in [4.69, 9.17) is 9.47 Å². The maximum absolute atomic E-state index is 5.39. The van der Waals surface area contributed by atoms with Crippen LogP contribution in [0.3, 0.4) is 0 Å². The van der Waals surface area contributed by atoms with Gasteiger partial charge in [-0.15, -0.1) is 0 Å². The summed E-state index contributed by atoms with van der Waals surface area (Å²) in [6, 6.07) is 0. The van der Waals surface area contributed by atoms with Crippen LogP contribution in [0.4, 0.5) is 0 Å². The van der Waals surface area contributed by atoms with Crippen LogP contribution in [0.5, 0.6) is 0 Å². The lowest BCUT2D eigenvalue weighted by Gasteiger charge is -2.06. The molecule has 0 fully saturated rings. The van der Waals surface area contributed by atoms with Crippen molar-refractivity contribution in [1.82, 2.24) is 5.32 Å². The fraction of sp³-hybridized carbons (Fsp3) is 1.00. The summed E-state index contributed by atoms with van der Waals surface area (Å²) in [6.07, 6.45) is 10.8. The van der Waals surface area contributed by atoms with E-state index in [0.29, 0.717) is 13.2 Å². The van der Waals surface area contributed by atoms with Crippen LogP contribution in [-0.4, -0.2) is 40.0 Å². The minimum atomic E-state index is 0.700. The highest BCUT2D eigenvalue weighted by molar-refractivity contribution is 4.50. The van der Waals surface area contributed by atoms with Gasteiger partial charge in [0.05, 0.1) is 13.2 Å². The van der Waals surface area contributed by atoms with Crippen molar-refractivity contribution < 1.29 is 9.47 Å². The molecule has 0 aromatic heterocycles. The van der Waals surface area contributed by atoms with Crippen LogP contribution < -0.4 is 5.32 Å². The van der Waals surface area contributed by atoms with E-state index in [9.17, 15) is 0 Å². The van der Waals surface area contributed by atoms with E-state index in [1.807, 2.05) is 0 Å². The highest BCUT2D eigenvalue weighted by Gasteiger charge is 1.92. The predicted octanol–water partition coefficient (Wildman–Crippen LogP) is 3.38. The van der Waals surface area contributed by atoms with Crippen LogP contribution in [0.25, 0.3) is 0 Å². The average molecular weight is 259 g/mol. The van der Waals surface area contributed by atoms with E-state index in [1.165, 1.54) is 44.9 Å². The molecule has 0 spiro atoms. The largest absolute Gasteiger partial charge is 0.382 e. The number of nitrogens with one attached hydrogen (secondary N) is 1. The molecule has 1 N–H and O–H groups in total. The Balaban J connectivity index is 2.86. The third-order valence-electron chi connectivity index (χ3n) is 3.03. The molecular weight excluding hydrogens is 226 g/mol. The van der Waals surface area contributed by atoms with Crippen molar-refractivity contribution in [2.24, 2.45) is 0 Å². The van der Waals surface area contributed by atoms with Gasteiger partial charge in [0, 0.05) is 13.7 Å². The maximum Gasteiger partial charge on any atom is 0.0700 e. The zero-order valence-corrected chi connectivity index (χ0v) is 12.5. The maximum atomic E-state index is 5.39. The Labute approximate surface area is 114 Å². The minimum Gasteiger partial charge on any atom is -0.382 e. The number of rotatable bonds is 15. The fourth-order valence-electron chi connectivity index (χ4n) is 1.88. The highest BCUT2D eigenvalue weighted by atomic mass is 16.5. The minimum absolute atomic E-state index is 0.700. The van der Waals surface area contributed by atoms with Gasteiger partial charge in [-0.2, -0.15) is 0 Å². The van der Waals surface area contributed by atoms with Gasteiger partial charge in [-0.25, -0.2) is 0 Å². The third kappa shape index (κ3) is 15.9. The number of ether oxygens (including phenoxy) is 2. The first-order valence-electron chi connectivity index (χ1n) is 7.69. The monoisotopic (exact) mass is 259 g/mol. The molecule has 0 saturated carbocycles. The van der Waals surface area contributed by atoms with Crippen molar-refractivity contribution in [2.45, 2.75) is 58.3 Å². The van der Waals surface area contributed by atoms with Gasteiger partial charge in [-0.05, 0) is 25.9 Å². The highest BCUT2D eigenvalue weighted by Crippen LogP contribution is 2.06. The quantitative estimate of drug-likeness (QED) is 0.457. The number of hydrogen-bond donors (Lipinski definition) is 1. The topological polar surface area (TPSA) is 30.5 Å². The molecule has 0 heterocycles. The number of methoxy groups -OCH3 is 1. The van der Waals surface area contributed by atoms with E-state index in [-0.39, 0.29) is 0 Å². The molecule has 18 heavy (non-hydrogen) atoms. The molecular formula is C15H33NO2. The van der Waals surface area contributed by atoms with Gasteiger partial charge < -0.3 is 14.8 Å². The molecule has 3 nitrogen and oxygen atoms in total. The summed E-state index contributed by atoms with van der Waals surface area (Å²) >= 11 is 0. The van der Waals surface area contributed by atoms with Gasteiger partial charge in [0.15, 0.2) is 0 Å². The molecule has 0 aromatic rings. The second-order valence-electron chi connectivity index (χ2n) is 4.83. The summed E-state index contributed by atoms with van der Waals surface area (Å²) in [6.45, 7) is 6.75. The van der Waals surface area contributed by atoms with Crippen molar-refractivity contribution in [3.05, 3.63) is 0 Å². The second-order valence-corrected chi connectivity index (χ2v) is 4.83. The van der Waals surface area contributed by atoms with Crippen LogP contribution in [-0.2, 0) is 9.47 Å². The lowest BCUT2D eigenvalue weighted by Crippen LogP contribution is -2.18. The van der Waals surface area contributed by atoms with E-state index in [2.05, 4.69) is 12.2 Å². The summed E-state index contributed by atoms with van der Waals surface area (Å²) in [4.78, 5) is 0. The Morgan fingerprint density at radius 1 is 0.722 bits per heavy atom. The lowest BCUT2D eigenvalue weighted by molar-refractivity contribution is 0.0695. The molecule has 0 atom stereocenters. The number of hydrogen-bond acceptors (Lipinski definition) is 3. The standard InChI is InChI=1S/C15H33NO2/c1-3-4-5-6-7-8-9-11-16-12-10-13-18-15-14-17-2/h16H,3-15H2,1-2H3. The summed E-state index contributed by atoms with van der Waals surface area (Å²) < 4.78 is 10.3. The summed E-state index contributed by atoms with van der Waals surface area (Å²) in [5, 5.41) is 3.47. The van der Waals surface area contributed by atoms with Crippen molar-refractivity contribution >= 4 is 0 Å². The predicted molar refractivity (Wildman–Crippen MR) is 78.2 cm³/mol. The molecule has 0 aliphatic rings. The third-order valence-corrected chi connectivity index (χ3v) is 3.03. The Hall–Kier alpha value is -0.120. The van der Waals surface area contributed by atoms with Gasteiger partial charge >= 0.3 is 0 Å². The van der Waals surface area contributed by atoms with Gasteiger partial charge in [0.2, 0.25) is 0 Å². The Morgan fingerprint density at radius 3 is 2.11 bits per heavy atom. The van der Waals surface area contributed by atoms with Crippen molar-refractivity contribution in [3.8, 4) is 0 Å². The van der Waals surface area contributed by atoms with Crippen molar-refractivity contribution in [2.75, 3.05) is 40.0 Å². The van der Waals surface area contributed by atoms with Gasteiger partial charge in [-0.1, -0.05) is 45.4 Å². The molecule has 0 aliphatic heterocycles. The summed E-state index contributed by atoms with van der Waals surface area (Å²) in [7, 11) is 1.70. The summed E-state index contributed by atoms with van der Waals surface area (Å²) in [5.41, 5.74) is 0. The smallest absolute Gasteiger partial charge is 0.0700 e. The van der Waals surface area contributed by atoms with E-state index in [0.717, 1.165) is 26.1 Å². The molecule has 0 bridgehead atoms. The SMILES string of the molecule is CCCCCCCCCNCCCOCCOC. The first-order chi connectivity index (χ1) is 8.91. The molecule has 0 unspecified atom stereocenters. The van der Waals surface area contributed by atoms with Crippen LogP contribution in [0, 0.1) is 0 Å². The molecule has 110 valence electrons. The van der Waals surface area contributed by atoms with E-state index < -0.39 is 0 Å². The second kappa shape index (κ2) is 16.9. The van der Waals surface area contributed by atoms with Crippen LogP contribution >= 0.6 is 0 Å². The zero-order valence-electron chi connectivity index (χ0n) is 12.5. The fourth-order valence-corrected chi connectivity index (χ4v) is 1.88. The molecule has 0 saturated heterocycles. The first kappa shape index (κ1) is 17.9. The van der Waals surface area contributed by atoms with Crippen molar-refractivity contribution in [1.29, 1.82) is 0 Å². The molecule has 3 heteroatoms. The zero-order chi connectivity index (χ0) is 13.3. The Bertz CT molecular complexity index is 126. The number of unbranched alkanes of at least 4 members (excludes halogenated alkanes) is 6. The lowest BCUT2D eigenvalue weighted by atomic mass is 10.1. The van der Waals surface area contributed by atoms with E-state index >= 15 is 0 Å². The van der Waals surface area contributed by atoms with E-state index in [1.54, 1.807) is 7.11 Å². The first-order valence-corrected chi connectivity index (χ1v) is 7.69. The van der Waals surface area contributed by atoms with Crippen LogP contribution in [0.1, 0.15) is 58.3 Å². The Morgan fingerprint density at radius 2 is 1.39 bits per heavy atom. The van der Waals surface area contributed by atoms with Gasteiger partial charge in [-0.3, -0.25) is 0 Å². The normalized spacial score (nSPS) is 11.0. The van der Waals surface area contributed by atoms with Crippen molar-refractivity contribution in [3.63, 3.8) is 0 Å². The molecule has 0 amide bonds. The molecule has 0 aliphatic carbocycles. The Kier molecular flexibility index (Phi) is 16.8. The molecule has 0 aromatic carbocycles. The molecule has 0 radical (unpaired) electrons. The molecule has 0 rings (SSSR count). The summed E-state index contributed by atoms with van der Waals surface area (Å²) in [5.74, 6) is 0. The van der Waals surface area contributed by atoms with Crippen LogP contribution in [0.2, 0.25) is 0 Å².